The summed E-state index contributed by atoms with van der Waals surface area (Å²) in [7, 11) is 0. The van der Waals surface area contributed by atoms with Crippen molar-refractivity contribution < 1.29 is 14.6 Å². The second-order valence-corrected chi connectivity index (χ2v) is 4.23. The summed E-state index contributed by atoms with van der Waals surface area (Å²) >= 11 is 0. The lowest BCUT2D eigenvalue weighted by Crippen LogP contribution is -2.23. The topological polar surface area (TPSA) is 38.7 Å². The SMILES string of the molecule is CC1(C)O[C@H]2C[C@H](CO)C[C@H]2O1. The zero-order chi connectivity index (χ0) is 8.77. The van der Waals surface area contributed by atoms with Crippen LogP contribution >= 0.6 is 0 Å². The second kappa shape index (κ2) is 2.69. The Morgan fingerprint density at radius 3 is 2.17 bits per heavy atom. The van der Waals surface area contributed by atoms with Gasteiger partial charge < -0.3 is 14.6 Å². The summed E-state index contributed by atoms with van der Waals surface area (Å²) in [5.74, 6) is -0.0217. The van der Waals surface area contributed by atoms with Crippen LogP contribution in [-0.2, 0) is 9.47 Å². The molecule has 3 heteroatoms. The molecule has 1 saturated heterocycles. The highest BCUT2D eigenvalue weighted by atomic mass is 16.8. The van der Waals surface area contributed by atoms with E-state index < -0.39 is 5.79 Å². The van der Waals surface area contributed by atoms with Gasteiger partial charge in [-0.2, -0.15) is 0 Å². The molecule has 70 valence electrons. The van der Waals surface area contributed by atoms with Crippen molar-refractivity contribution in [2.24, 2.45) is 5.92 Å². The third-order valence-corrected chi connectivity index (χ3v) is 2.67. The Bertz CT molecular complexity index is 163. The standard InChI is InChI=1S/C9H16O3/c1-9(2)11-7-3-6(5-10)4-8(7)12-9/h6-8,10H,3-5H2,1-2H3/t6-,7-,8+. The van der Waals surface area contributed by atoms with Crippen molar-refractivity contribution in [3.05, 3.63) is 0 Å². The fraction of sp³-hybridized carbons (Fsp3) is 1.00. The van der Waals surface area contributed by atoms with Gasteiger partial charge in [0.15, 0.2) is 5.79 Å². The molecule has 2 fully saturated rings. The first kappa shape index (κ1) is 8.48. The minimum absolute atomic E-state index is 0.220. The molecular weight excluding hydrogens is 156 g/mol. The predicted molar refractivity (Wildman–Crippen MR) is 43.6 cm³/mol. The lowest BCUT2D eigenvalue weighted by atomic mass is 10.1. The zero-order valence-corrected chi connectivity index (χ0v) is 7.62. The molecular formula is C9H16O3. The summed E-state index contributed by atoms with van der Waals surface area (Å²) < 4.78 is 11.3. The third-order valence-electron chi connectivity index (χ3n) is 2.67. The second-order valence-electron chi connectivity index (χ2n) is 4.23. The highest BCUT2D eigenvalue weighted by Gasteiger charge is 2.46. The van der Waals surface area contributed by atoms with Crippen LogP contribution in [0.2, 0.25) is 0 Å². The molecule has 2 rings (SSSR count). The first-order valence-corrected chi connectivity index (χ1v) is 4.57. The van der Waals surface area contributed by atoms with Gasteiger partial charge in [0.2, 0.25) is 0 Å². The first-order chi connectivity index (χ1) is 5.61. The predicted octanol–water partition coefficient (Wildman–Crippen LogP) is 0.909. The van der Waals surface area contributed by atoms with Crippen LogP contribution in [-0.4, -0.2) is 29.7 Å². The maximum atomic E-state index is 8.94. The molecule has 0 unspecified atom stereocenters. The van der Waals surface area contributed by atoms with Crippen molar-refractivity contribution in [1.29, 1.82) is 0 Å². The molecule has 1 N–H and O–H groups in total. The highest BCUT2D eigenvalue weighted by Crippen LogP contribution is 2.40. The molecule has 0 aromatic rings. The Hall–Kier alpha value is -0.120. The van der Waals surface area contributed by atoms with Gasteiger partial charge in [0.1, 0.15) is 0 Å². The largest absolute Gasteiger partial charge is 0.396 e. The number of aliphatic hydroxyl groups excluding tert-OH is 1. The van der Waals surface area contributed by atoms with Crippen LogP contribution in [0.5, 0.6) is 0 Å². The normalized spacial score (nSPS) is 44.8. The fourth-order valence-corrected chi connectivity index (χ4v) is 2.21. The number of ether oxygens (including phenoxy) is 2. The molecule has 12 heavy (non-hydrogen) atoms. The lowest BCUT2D eigenvalue weighted by molar-refractivity contribution is -0.154. The number of hydrogen-bond donors (Lipinski definition) is 1. The Labute approximate surface area is 72.7 Å². The van der Waals surface area contributed by atoms with Crippen LogP contribution in [0.25, 0.3) is 0 Å². The molecule has 0 aromatic heterocycles. The van der Waals surface area contributed by atoms with Crippen LogP contribution in [0.1, 0.15) is 26.7 Å². The van der Waals surface area contributed by atoms with Gasteiger partial charge in [0.25, 0.3) is 0 Å². The molecule has 1 saturated carbocycles. The molecule has 2 aliphatic rings. The number of fused-ring (bicyclic) bond motifs is 1. The Balaban J connectivity index is 1.97. The third kappa shape index (κ3) is 1.37. The summed E-state index contributed by atoms with van der Waals surface area (Å²) in [6, 6.07) is 0. The minimum atomic E-state index is -0.407. The Morgan fingerprint density at radius 2 is 1.75 bits per heavy atom. The van der Waals surface area contributed by atoms with Crippen LogP contribution in [0.3, 0.4) is 0 Å². The van der Waals surface area contributed by atoms with Gasteiger partial charge in [-0.3, -0.25) is 0 Å². The molecule has 3 nitrogen and oxygen atoms in total. The van der Waals surface area contributed by atoms with E-state index >= 15 is 0 Å². The van der Waals surface area contributed by atoms with Crippen molar-refractivity contribution in [3.8, 4) is 0 Å². The van der Waals surface area contributed by atoms with E-state index in [4.69, 9.17) is 14.6 Å². The molecule has 0 aromatic carbocycles. The smallest absolute Gasteiger partial charge is 0.163 e. The lowest BCUT2D eigenvalue weighted by Gasteiger charge is -2.19. The van der Waals surface area contributed by atoms with Gasteiger partial charge in [0, 0.05) is 6.61 Å². The number of hydrogen-bond acceptors (Lipinski definition) is 3. The maximum absolute atomic E-state index is 8.94. The Kier molecular flexibility index (Phi) is 1.90. The summed E-state index contributed by atoms with van der Waals surface area (Å²) in [6.45, 7) is 4.15. The average molecular weight is 172 g/mol. The summed E-state index contributed by atoms with van der Waals surface area (Å²) in [5.41, 5.74) is 0. The average Bonchev–Trinajstić information content (AvgIpc) is 2.40. The van der Waals surface area contributed by atoms with Crippen molar-refractivity contribution in [2.45, 2.75) is 44.7 Å². The van der Waals surface area contributed by atoms with E-state index in [1.165, 1.54) is 0 Å². The van der Waals surface area contributed by atoms with E-state index in [-0.39, 0.29) is 18.8 Å². The maximum Gasteiger partial charge on any atom is 0.163 e. The quantitative estimate of drug-likeness (QED) is 0.639. The van der Waals surface area contributed by atoms with E-state index in [2.05, 4.69) is 0 Å². The van der Waals surface area contributed by atoms with Crippen LogP contribution in [0.15, 0.2) is 0 Å². The highest BCUT2D eigenvalue weighted by molar-refractivity contribution is 4.90. The monoisotopic (exact) mass is 172 g/mol. The molecule has 3 atom stereocenters. The molecule has 0 spiro atoms. The van der Waals surface area contributed by atoms with Crippen LogP contribution < -0.4 is 0 Å². The van der Waals surface area contributed by atoms with Crippen molar-refractivity contribution in [1.82, 2.24) is 0 Å². The molecule has 1 aliphatic heterocycles. The van der Waals surface area contributed by atoms with Gasteiger partial charge in [0.05, 0.1) is 12.2 Å². The van der Waals surface area contributed by atoms with Gasteiger partial charge in [-0.1, -0.05) is 0 Å². The molecule has 1 aliphatic carbocycles. The van der Waals surface area contributed by atoms with E-state index in [9.17, 15) is 0 Å². The van der Waals surface area contributed by atoms with Gasteiger partial charge in [-0.05, 0) is 32.6 Å². The summed E-state index contributed by atoms with van der Waals surface area (Å²) in [5, 5.41) is 8.94. The summed E-state index contributed by atoms with van der Waals surface area (Å²) in [4.78, 5) is 0. The fourth-order valence-electron chi connectivity index (χ4n) is 2.21. The molecule has 0 amide bonds. The zero-order valence-electron chi connectivity index (χ0n) is 7.62. The number of rotatable bonds is 1. The van der Waals surface area contributed by atoms with Crippen molar-refractivity contribution >= 4 is 0 Å². The van der Waals surface area contributed by atoms with Crippen LogP contribution in [0, 0.1) is 5.92 Å². The minimum Gasteiger partial charge on any atom is -0.396 e. The van der Waals surface area contributed by atoms with Gasteiger partial charge in [-0.25, -0.2) is 0 Å². The van der Waals surface area contributed by atoms with E-state index in [1.54, 1.807) is 0 Å². The van der Waals surface area contributed by atoms with Gasteiger partial charge in [-0.15, -0.1) is 0 Å². The molecule has 1 heterocycles. The number of aliphatic hydroxyl groups is 1. The van der Waals surface area contributed by atoms with Gasteiger partial charge >= 0.3 is 0 Å². The molecule has 0 radical (unpaired) electrons. The van der Waals surface area contributed by atoms with Crippen LogP contribution in [0.4, 0.5) is 0 Å². The van der Waals surface area contributed by atoms with Crippen molar-refractivity contribution in [2.75, 3.05) is 6.61 Å². The summed E-state index contributed by atoms with van der Waals surface area (Å²) in [6.07, 6.45) is 2.34. The van der Waals surface area contributed by atoms with E-state index in [0.717, 1.165) is 12.8 Å². The van der Waals surface area contributed by atoms with Crippen molar-refractivity contribution in [3.63, 3.8) is 0 Å². The Morgan fingerprint density at radius 1 is 1.25 bits per heavy atom. The first-order valence-electron chi connectivity index (χ1n) is 4.57. The molecule has 0 bridgehead atoms. The van der Waals surface area contributed by atoms with E-state index in [1.807, 2.05) is 13.8 Å². The van der Waals surface area contributed by atoms with E-state index in [0.29, 0.717) is 5.92 Å².